The highest BCUT2D eigenvalue weighted by atomic mass is 31.2. The van der Waals surface area contributed by atoms with Gasteiger partial charge in [-0.25, -0.2) is 0 Å². The fourth-order valence-corrected chi connectivity index (χ4v) is 5.69. The van der Waals surface area contributed by atoms with E-state index in [1.54, 1.807) is 12.1 Å². The summed E-state index contributed by atoms with van der Waals surface area (Å²) in [6.07, 6.45) is 2.03. The van der Waals surface area contributed by atoms with Crippen LogP contribution < -0.4 is 0 Å². The van der Waals surface area contributed by atoms with Gasteiger partial charge in [0, 0.05) is 54.4 Å². The van der Waals surface area contributed by atoms with Gasteiger partial charge in [-0.2, -0.15) is 14.0 Å². The van der Waals surface area contributed by atoms with Crippen LogP contribution in [0, 0.1) is 10.1 Å². The van der Waals surface area contributed by atoms with Crippen molar-refractivity contribution in [2.45, 2.75) is 0 Å². The molecule has 0 fully saturated rings. The normalized spacial score (nSPS) is 12.8. The maximum Gasteiger partial charge on any atom is 0.269 e. The molecular formula is C14H24N4O2P+. The standard InChI is InChI=1S/C14H24N4O2P/c1-15(2)21(16(3)4,17(5)6)12-11-13-7-9-14(10-8-13)18(19)20/h7-12H,1-6H3/q+1/b12-11+. The van der Waals surface area contributed by atoms with Gasteiger partial charge in [0.1, 0.15) is 5.82 Å². The zero-order valence-corrected chi connectivity index (χ0v) is 14.4. The Kier molecular flexibility index (Phi) is 5.98. The Morgan fingerprint density at radius 1 is 0.952 bits per heavy atom. The van der Waals surface area contributed by atoms with Crippen molar-refractivity contribution >= 4 is 19.5 Å². The number of nitro groups is 1. The lowest BCUT2D eigenvalue weighted by molar-refractivity contribution is -0.384. The van der Waals surface area contributed by atoms with E-state index in [2.05, 4.69) is 62.1 Å². The SMILES string of the molecule is CN(C)[P+](/C=C/c1ccc([N+](=O)[O-])cc1)(N(C)C)N(C)C. The average molecular weight is 311 g/mol. The van der Waals surface area contributed by atoms with E-state index >= 15 is 0 Å². The minimum atomic E-state index is -1.72. The second kappa shape index (κ2) is 7.09. The quantitative estimate of drug-likeness (QED) is 0.459. The van der Waals surface area contributed by atoms with Crippen molar-refractivity contribution in [3.8, 4) is 0 Å². The third-order valence-corrected chi connectivity index (χ3v) is 7.42. The zero-order chi connectivity index (χ0) is 16.2. The van der Waals surface area contributed by atoms with E-state index in [0.29, 0.717) is 0 Å². The molecule has 6 nitrogen and oxygen atoms in total. The Balaban J connectivity index is 3.11. The Bertz CT molecular complexity index is 490. The first-order chi connectivity index (χ1) is 9.71. The van der Waals surface area contributed by atoms with Crippen LogP contribution in [0.3, 0.4) is 0 Å². The fraction of sp³-hybridized carbons (Fsp3) is 0.429. The summed E-state index contributed by atoms with van der Waals surface area (Å²) in [6.45, 7) is 0. The number of benzene rings is 1. The van der Waals surface area contributed by atoms with Gasteiger partial charge in [-0.15, -0.1) is 0 Å². The lowest BCUT2D eigenvalue weighted by Gasteiger charge is -2.37. The molecule has 0 aliphatic carbocycles. The molecule has 0 saturated carbocycles. The second-order valence-electron chi connectivity index (χ2n) is 5.32. The van der Waals surface area contributed by atoms with Crippen LogP contribution in [0.1, 0.15) is 5.56 Å². The Morgan fingerprint density at radius 2 is 1.38 bits per heavy atom. The Hall–Kier alpha value is -1.33. The van der Waals surface area contributed by atoms with Crippen molar-refractivity contribution in [3.63, 3.8) is 0 Å². The third kappa shape index (κ3) is 3.86. The van der Waals surface area contributed by atoms with E-state index < -0.39 is 7.71 Å². The lowest BCUT2D eigenvalue weighted by atomic mass is 10.2. The van der Waals surface area contributed by atoms with Gasteiger partial charge in [0.05, 0.1) is 4.92 Å². The summed E-state index contributed by atoms with van der Waals surface area (Å²) in [5.41, 5.74) is 1.07. The maximum atomic E-state index is 10.7. The van der Waals surface area contributed by atoms with Crippen LogP contribution in [0.15, 0.2) is 30.1 Å². The first-order valence-corrected chi connectivity index (χ1v) is 8.29. The van der Waals surface area contributed by atoms with Crippen LogP contribution in [0.25, 0.3) is 6.08 Å². The monoisotopic (exact) mass is 311 g/mol. The maximum absolute atomic E-state index is 10.7. The molecule has 7 heteroatoms. The molecule has 0 atom stereocenters. The van der Waals surface area contributed by atoms with Gasteiger partial charge in [0.25, 0.3) is 13.4 Å². The number of rotatable bonds is 6. The van der Waals surface area contributed by atoms with Crippen molar-refractivity contribution < 1.29 is 4.92 Å². The molecule has 0 saturated heterocycles. The minimum absolute atomic E-state index is 0.112. The molecule has 116 valence electrons. The van der Waals surface area contributed by atoms with Crippen LogP contribution in [-0.2, 0) is 0 Å². The number of non-ortho nitro benzene ring substituents is 1. The van der Waals surface area contributed by atoms with Crippen molar-refractivity contribution in [2.75, 3.05) is 42.3 Å². The molecule has 0 aliphatic heterocycles. The number of nitrogens with zero attached hydrogens (tertiary/aromatic N) is 4. The van der Waals surface area contributed by atoms with E-state index in [1.807, 2.05) is 6.08 Å². The van der Waals surface area contributed by atoms with Gasteiger partial charge in [-0.05, 0) is 23.8 Å². The molecule has 21 heavy (non-hydrogen) atoms. The van der Waals surface area contributed by atoms with Gasteiger partial charge >= 0.3 is 0 Å². The molecule has 0 heterocycles. The summed E-state index contributed by atoms with van der Waals surface area (Å²) in [7, 11) is 10.7. The van der Waals surface area contributed by atoms with Gasteiger partial charge in [-0.1, -0.05) is 0 Å². The van der Waals surface area contributed by atoms with Crippen molar-refractivity contribution in [3.05, 3.63) is 45.8 Å². The molecule has 0 bridgehead atoms. The summed E-state index contributed by atoms with van der Waals surface area (Å²) in [4.78, 5) is 10.3. The first-order valence-electron chi connectivity index (χ1n) is 6.57. The lowest BCUT2D eigenvalue weighted by Crippen LogP contribution is -2.34. The van der Waals surface area contributed by atoms with Gasteiger partial charge in [0.2, 0.25) is 0 Å². The third-order valence-electron chi connectivity index (χ3n) is 3.34. The van der Waals surface area contributed by atoms with E-state index in [4.69, 9.17) is 0 Å². The fourth-order valence-electron chi connectivity index (χ4n) is 2.37. The van der Waals surface area contributed by atoms with Gasteiger partial charge < -0.3 is 0 Å². The molecule has 0 radical (unpaired) electrons. The Morgan fingerprint density at radius 3 is 1.71 bits per heavy atom. The van der Waals surface area contributed by atoms with E-state index in [1.165, 1.54) is 12.1 Å². The van der Waals surface area contributed by atoms with Crippen molar-refractivity contribution in [2.24, 2.45) is 0 Å². The van der Waals surface area contributed by atoms with E-state index in [0.717, 1.165) is 5.56 Å². The van der Waals surface area contributed by atoms with Crippen LogP contribution >= 0.6 is 7.71 Å². The molecule has 0 spiro atoms. The van der Waals surface area contributed by atoms with Gasteiger partial charge in [-0.3, -0.25) is 10.1 Å². The van der Waals surface area contributed by atoms with E-state index in [-0.39, 0.29) is 10.6 Å². The molecule has 0 amide bonds. The van der Waals surface area contributed by atoms with Crippen LogP contribution in [0.4, 0.5) is 5.69 Å². The summed E-state index contributed by atoms with van der Waals surface area (Å²) in [5.74, 6) is 2.19. The second-order valence-corrected chi connectivity index (χ2v) is 9.25. The summed E-state index contributed by atoms with van der Waals surface area (Å²) in [5, 5.41) is 10.7. The Labute approximate surface area is 127 Å². The highest BCUT2D eigenvalue weighted by Gasteiger charge is 2.45. The molecule has 0 aromatic heterocycles. The molecule has 1 aromatic carbocycles. The predicted octanol–water partition coefficient (Wildman–Crippen LogP) is 3.01. The molecule has 1 rings (SSSR count). The molecular weight excluding hydrogens is 287 g/mol. The van der Waals surface area contributed by atoms with Crippen LogP contribution in [-0.4, -0.2) is 61.2 Å². The molecule has 0 aliphatic rings. The van der Waals surface area contributed by atoms with Gasteiger partial charge in [0.15, 0.2) is 0 Å². The largest absolute Gasteiger partial charge is 0.269 e. The molecule has 1 aromatic rings. The average Bonchev–Trinajstić information content (AvgIpc) is 2.38. The zero-order valence-electron chi connectivity index (χ0n) is 13.5. The summed E-state index contributed by atoms with van der Waals surface area (Å²) >= 11 is 0. The smallest absolute Gasteiger partial charge is 0.258 e. The first kappa shape index (κ1) is 17.7. The van der Waals surface area contributed by atoms with Crippen LogP contribution in [0.2, 0.25) is 0 Å². The van der Waals surface area contributed by atoms with Crippen molar-refractivity contribution in [1.29, 1.82) is 0 Å². The summed E-state index contributed by atoms with van der Waals surface area (Å²) in [6, 6.07) is 6.59. The van der Waals surface area contributed by atoms with Crippen LogP contribution in [0.5, 0.6) is 0 Å². The highest BCUT2D eigenvalue weighted by Crippen LogP contribution is 2.65. The number of hydrogen-bond acceptors (Lipinski definition) is 5. The minimum Gasteiger partial charge on any atom is -0.258 e. The van der Waals surface area contributed by atoms with Crippen molar-refractivity contribution in [1.82, 2.24) is 14.0 Å². The molecule has 0 unspecified atom stereocenters. The number of nitro benzene ring substituents is 1. The number of hydrogen-bond donors (Lipinski definition) is 0. The predicted molar refractivity (Wildman–Crippen MR) is 90.1 cm³/mol. The topological polar surface area (TPSA) is 52.9 Å². The molecule has 0 N–H and O–H groups in total. The van der Waals surface area contributed by atoms with E-state index in [9.17, 15) is 10.1 Å². The summed E-state index contributed by atoms with van der Waals surface area (Å²) < 4.78 is 6.65. The highest BCUT2D eigenvalue weighted by molar-refractivity contribution is 7.72.